The third-order valence-electron chi connectivity index (χ3n) is 4.38. The summed E-state index contributed by atoms with van der Waals surface area (Å²) in [7, 11) is 0. The molecule has 2 amide bonds. The van der Waals surface area contributed by atoms with Gasteiger partial charge in [0.1, 0.15) is 11.3 Å². The third kappa shape index (κ3) is 4.67. The number of rotatable bonds is 6. The Kier molecular flexibility index (Phi) is 5.90. The second-order valence-corrected chi connectivity index (χ2v) is 6.44. The largest absolute Gasteiger partial charge is 0.483 e. The Hall–Kier alpha value is -3.63. The first-order chi connectivity index (χ1) is 14.2. The van der Waals surface area contributed by atoms with Gasteiger partial charge in [-0.15, -0.1) is 0 Å². The van der Waals surface area contributed by atoms with Gasteiger partial charge in [-0.2, -0.15) is 13.2 Å². The molecule has 1 fully saturated rings. The number of alkyl halides is 3. The Bertz CT molecular complexity index is 994. The fourth-order valence-corrected chi connectivity index (χ4v) is 3.03. The molecule has 1 aliphatic heterocycles. The van der Waals surface area contributed by atoms with E-state index in [4.69, 9.17) is 4.74 Å². The molecular weight excluding hydrogens is 407 g/mol. The van der Waals surface area contributed by atoms with E-state index in [0.29, 0.717) is 36.8 Å². The highest BCUT2D eigenvalue weighted by atomic mass is 19.4. The number of nitrogens with one attached hydrogen (secondary N) is 1. The van der Waals surface area contributed by atoms with Crippen LogP contribution in [-0.4, -0.2) is 29.9 Å². The van der Waals surface area contributed by atoms with Crippen LogP contribution < -0.4 is 15.0 Å². The number of amides is 2. The van der Waals surface area contributed by atoms with Gasteiger partial charge in [0.25, 0.3) is 11.6 Å². The van der Waals surface area contributed by atoms with E-state index in [1.165, 1.54) is 4.90 Å². The van der Waals surface area contributed by atoms with Gasteiger partial charge in [-0.25, -0.2) is 0 Å². The summed E-state index contributed by atoms with van der Waals surface area (Å²) in [4.78, 5) is 35.5. The number of carbonyl (C=O) groups excluding carboxylic acids is 2. The second kappa shape index (κ2) is 8.39. The SMILES string of the molecule is O=C(COc1ccc([N+](=O)[O-])cc1C(F)(F)F)Nc1ccccc1N1CCCC1=O. The van der Waals surface area contributed by atoms with Crippen LogP contribution in [0.2, 0.25) is 0 Å². The van der Waals surface area contributed by atoms with Crippen LogP contribution in [0.25, 0.3) is 0 Å². The highest BCUT2D eigenvalue weighted by Crippen LogP contribution is 2.38. The van der Waals surface area contributed by atoms with Gasteiger partial charge in [-0.05, 0) is 24.6 Å². The Morgan fingerprint density at radius 1 is 1.23 bits per heavy atom. The number of hydrogen-bond donors (Lipinski definition) is 1. The van der Waals surface area contributed by atoms with E-state index in [1.54, 1.807) is 24.3 Å². The van der Waals surface area contributed by atoms with Crippen LogP contribution in [0.3, 0.4) is 0 Å². The Balaban J connectivity index is 1.73. The molecule has 1 saturated heterocycles. The zero-order valence-electron chi connectivity index (χ0n) is 15.4. The molecule has 1 N–H and O–H groups in total. The van der Waals surface area contributed by atoms with Gasteiger partial charge < -0.3 is 15.0 Å². The number of halogens is 3. The second-order valence-electron chi connectivity index (χ2n) is 6.44. The summed E-state index contributed by atoms with van der Waals surface area (Å²) in [5.74, 6) is -1.54. The number of hydrogen-bond acceptors (Lipinski definition) is 5. The van der Waals surface area contributed by atoms with E-state index in [0.717, 1.165) is 12.1 Å². The average molecular weight is 423 g/mol. The molecule has 11 heteroatoms. The van der Waals surface area contributed by atoms with Crippen LogP contribution in [0.15, 0.2) is 42.5 Å². The fourth-order valence-electron chi connectivity index (χ4n) is 3.03. The number of nitro groups is 1. The molecule has 0 spiro atoms. The maximum absolute atomic E-state index is 13.2. The number of ether oxygens (including phenoxy) is 1. The first-order valence-corrected chi connectivity index (χ1v) is 8.84. The van der Waals surface area contributed by atoms with Crippen molar-refractivity contribution in [2.75, 3.05) is 23.4 Å². The molecule has 8 nitrogen and oxygen atoms in total. The monoisotopic (exact) mass is 423 g/mol. The molecule has 3 rings (SSSR count). The Labute approximate surface area is 168 Å². The number of carbonyl (C=O) groups is 2. The van der Waals surface area contributed by atoms with Crippen LogP contribution in [-0.2, 0) is 15.8 Å². The number of nitrogens with zero attached hydrogens (tertiary/aromatic N) is 2. The smallest absolute Gasteiger partial charge is 0.420 e. The Morgan fingerprint density at radius 2 is 1.97 bits per heavy atom. The van der Waals surface area contributed by atoms with Crippen molar-refractivity contribution in [3.8, 4) is 5.75 Å². The number of nitro benzene ring substituents is 1. The molecule has 0 unspecified atom stereocenters. The highest BCUT2D eigenvalue weighted by Gasteiger charge is 2.36. The lowest BCUT2D eigenvalue weighted by atomic mass is 10.1. The first kappa shape index (κ1) is 21.1. The molecule has 1 aliphatic rings. The minimum Gasteiger partial charge on any atom is -0.483 e. The molecule has 2 aromatic rings. The molecule has 158 valence electrons. The number of anilines is 2. The minimum absolute atomic E-state index is 0.0892. The van der Waals surface area contributed by atoms with Crippen LogP contribution >= 0.6 is 0 Å². The predicted octanol–water partition coefficient (Wildman–Crippen LogP) is 3.76. The molecule has 2 aromatic carbocycles. The molecule has 0 aromatic heterocycles. The minimum atomic E-state index is -4.90. The molecule has 0 radical (unpaired) electrons. The highest BCUT2D eigenvalue weighted by molar-refractivity contribution is 6.02. The van der Waals surface area contributed by atoms with Gasteiger partial charge in [0, 0.05) is 25.1 Å². The van der Waals surface area contributed by atoms with Crippen LogP contribution in [0, 0.1) is 10.1 Å². The maximum Gasteiger partial charge on any atom is 0.420 e. The summed E-state index contributed by atoms with van der Waals surface area (Å²) in [6.45, 7) is -0.261. The van der Waals surface area contributed by atoms with Crippen molar-refractivity contribution < 1.29 is 32.4 Å². The standard InChI is InChI=1S/C19H16F3N3O5/c20-19(21,22)13-10-12(25(28)29)7-8-16(13)30-11-17(26)23-14-4-1-2-5-15(14)24-9-3-6-18(24)27/h1-2,4-5,7-8,10H,3,6,9,11H2,(H,23,26). The zero-order chi connectivity index (χ0) is 21.9. The van der Waals surface area contributed by atoms with Gasteiger partial charge in [0.2, 0.25) is 5.91 Å². The van der Waals surface area contributed by atoms with Crippen molar-refractivity contribution in [1.29, 1.82) is 0 Å². The first-order valence-electron chi connectivity index (χ1n) is 8.84. The van der Waals surface area contributed by atoms with Gasteiger partial charge in [0.05, 0.1) is 16.3 Å². The zero-order valence-corrected chi connectivity index (χ0v) is 15.4. The number of para-hydroxylation sites is 2. The van der Waals surface area contributed by atoms with Crippen LogP contribution in [0.4, 0.5) is 30.2 Å². The van der Waals surface area contributed by atoms with Crippen molar-refractivity contribution in [2.45, 2.75) is 19.0 Å². The summed E-state index contributed by atoms with van der Waals surface area (Å²) in [5, 5.41) is 13.2. The van der Waals surface area contributed by atoms with Crippen LogP contribution in [0.5, 0.6) is 5.75 Å². The van der Waals surface area contributed by atoms with Gasteiger partial charge in [-0.1, -0.05) is 12.1 Å². The molecule has 0 saturated carbocycles. The van der Waals surface area contributed by atoms with Crippen molar-refractivity contribution in [3.63, 3.8) is 0 Å². The summed E-state index contributed by atoms with van der Waals surface area (Å²) < 4.78 is 44.5. The van der Waals surface area contributed by atoms with Crippen LogP contribution in [0.1, 0.15) is 18.4 Å². The lowest BCUT2D eigenvalue weighted by Crippen LogP contribution is -2.27. The van der Waals surface area contributed by atoms with E-state index < -0.39 is 40.6 Å². The summed E-state index contributed by atoms with van der Waals surface area (Å²) in [6, 6.07) is 8.55. The van der Waals surface area contributed by atoms with Crippen molar-refractivity contribution in [1.82, 2.24) is 0 Å². The molecule has 1 heterocycles. The van der Waals surface area contributed by atoms with E-state index in [1.807, 2.05) is 0 Å². The molecule has 0 aliphatic carbocycles. The van der Waals surface area contributed by atoms with E-state index in [2.05, 4.69) is 5.32 Å². The molecule has 0 bridgehead atoms. The molecule has 30 heavy (non-hydrogen) atoms. The summed E-state index contributed by atoms with van der Waals surface area (Å²) in [5.41, 5.74) is -1.29. The lowest BCUT2D eigenvalue weighted by Gasteiger charge is -2.20. The third-order valence-corrected chi connectivity index (χ3v) is 4.38. The van der Waals surface area contributed by atoms with Gasteiger partial charge >= 0.3 is 6.18 Å². The molecule has 0 atom stereocenters. The number of non-ortho nitro benzene ring substituents is 1. The summed E-state index contributed by atoms with van der Waals surface area (Å²) >= 11 is 0. The topological polar surface area (TPSA) is 102 Å². The van der Waals surface area contributed by atoms with E-state index in [-0.39, 0.29) is 5.91 Å². The number of benzene rings is 2. The van der Waals surface area contributed by atoms with E-state index in [9.17, 15) is 32.9 Å². The summed E-state index contributed by atoms with van der Waals surface area (Å²) in [6.07, 6.45) is -3.82. The van der Waals surface area contributed by atoms with Crippen molar-refractivity contribution in [3.05, 3.63) is 58.1 Å². The van der Waals surface area contributed by atoms with Crippen molar-refractivity contribution in [2.24, 2.45) is 0 Å². The van der Waals surface area contributed by atoms with Gasteiger partial charge in [-0.3, -0.25) is 19.7 Å². The van der Waals surface area contributed by atoms with Crippen molar-refractivity contribution >= 4 is 28.9 Å². The van der Waals surface area contributed by atoms with Gasteiger partial charge in [0.15, 0.2) is 6.61 Å². The van der Waals surface area contributed by atoms with E-state index >= 15 is 0 Å². The predicted molar refractivity (Wildman–Crippen MR) is 100 cm³/mol. The quantitative estimate of drug-likeness (QED) is 0.563. The normalized spacial score (nSPS) is 14.0. The maximum atomic E-state index is 13.2. The lowest BCUT2D eigenvalue weighted by molar-refractivity contribution is -0.385. The molecular formula is C19H16F3N3O5. The average Bonchev–Trinajstić information content (AvgIpc) is 3.11. The fraction of sp³-hybridized carbons (Fsp3) is 0.263. The Morgan fingerprint density at radius 3 is 2.60 bits per heavy atom.